The van der Waals surface area contributed by atoms with Gasteiger partial charge >= 0.3 is 0 Å². The smallest absolute Gasteiger partial charge is 0.293 e. The lowest BCUT2D eigenvalue weighted by molar-refractivity contribution is 0.0163. The molecule has 2 aromatic heterocycles. The number of carbonyl (C=O) groups excluding carboxylic acids is 1. The standard InChI is InChI=1S/C24H23FN4O3.C2H6/c1-16-7-8-20(19(25)13-16)27-22-18-14-26-10-9-21(18)29(15-17-5-3-2-4-6-17)23(22)24(31)28-32-12-11-30;1-2/h2-10,13-14,27,30H,11-12,15H2,1H3,(H,28,31);1-2H3. The van der Waals surface area contributed by atoms with E-state index in [1.54, 1.807) is 37.5 Å². The molecular weight excluding hydrogens is 435 g/mol. The number of nitrogens with zero attached hydrogens (tertiary/aromatic N) is 2. The molecule has 4 rings (SSSR count). The van der Waals surface area contributed by atoms with E-state index in [2.05, 4.69) is 15.8 Å². The van der Waals surface area contributed by atoms with Crippen LogP contribution in [0.25, 0.3) is 10.9 Å². The average molecular weight is 465 g/mol. The minimum atomic E-state index is -0.527. The maximum Gasteiger partial charge on any atom is 0.293 e. The summed E-state index contributed by atoms with van der Waals surface area (Å²) in [5.74, 6) is -0.957. The summed E-state index contributed by atoms with van der Waals surface area (Å²) in [5, 5.41) is 12.7. The van der Waals surface area contributed by atoms with Crippen LogP contribution in [0.4, 0.5) is 15.8 Å². The fraction of sp³-hybridized carbons (Fsp3) is 0.231. The van der Waals surface area contributed by atoms with Crippen molar-refractivity contribution in [1.82, 2.24) is 15.0 Å². The summed E-state index contributed by atoms with van der Waals surface area (Å²) in [6.45, 7) is 5.92. The van der Waals surface area contributed by atoms with Crippen molar-refractivity contribution in [3.63, 3.8) is 0 Å². The van der Waals surface area contributed by atoms with Gasteiger partial charge in [-0.3, -0.25) is 14.6 Å². The lowest BCUT2D eigenvalue weighted by Gasteiger charge is -2.14. The van der Waals surface area contributed by atoms with Gasteiger partial charge in [-0.1, -0.05) is 50.2 Å². The monoisotopic (exact) mass is 464 g/mol. The van der Waals surface area contributed by atoms with E-state index in [4.69, 9.17) is 9.94 Å². The summed E-state index contributed by atoms with van der Waals surface area (Å²) >= 11 is 0. The van der Waals surface area contributed by atoms with Crippen molar-refractivity contribution in [3.8, 4) is 0 Å². The highest BCUT2D eigenvalue weighted by Gasteiger charge is 2.24. The van der Waals surface area contributed by atoms with Gasteiger partial charge in [0.25, 0.3) is 5.91 Å². The molecule has 8 heteroatoms. The van der Waals surface area contributed by atoms with Crippen LogP contribution < -0.4 is 10.8 Å². The lowest BCUT2D eigenvalue weighted by atomic mass is 10.2. The molecule has 0 aliphatic carbocycles. The molecule has 0 aliphatic heterocycles. The third kappa shape index (κ3) is 5.59. The fourth-order valence-corrected chi connectivity index (χ4v) is 3.56. The second-order valence-electron chi connectivity index (χ2n) is 7.30. The van der Waals surface area contributed by atoms with Crippen LogP contribution in [0.3, 0.4) is 0 Å². The van der Waals surface area contributed by atoms with Gasteiger partial charge in [0.05, 0.1) is 30.1 Å². The van der Waals surface area contributed by atoms with E-state index in [-0.39, 0.29) is 24.6 Å². The van der Waals surface area contributed by atoms with Crippen molar-refractivity contribution in [3.05, 3.63) is 89.6 Å². The number of benzene rings is 2. The van der Waals surface area contributed by atoms with Crippen LogP contribution in [-0.2, 0) is 11.4 Å². The quantitative estimate of drug-likeness (QED) is 0.254. The van der Waals surface area contributed by atoms with Crippen molar-refractivity contribution in [2.45, 2.75) is 27.3 Å². The molecule has 0 aliphatic rings. The van der Waals surface area contributed by atoms with E-state index in [0.29, 0.717) is 17.6 Å². The zero-order chi connectivity index (χ0) is 24.5. The maximum atomic E-state index is 14.6. The highest BCUT2D eigenvalue weighted by molar-refractivity contribution is 6.09. The minimum absolute atomic E-state index is 0.0540. The summed E-state index contributed by atoms with van der Waals surface area (Å²) in [4.78, 5) is 22.4. The number of rotatable bonds is 8. The molecule has 0 fully saturated rings. The number of aliphatic hydroxyl groups excluding tert-OH is 1. The van der Waals surface area contributed by atoms with E-state index < -0.39 is 11.7 Å². The number of aliphatic hydroxyl groups is 1. The summed E-state index contributed by atoms with van der Waals surface area (Å²) in [6.07, 6.45) is 3.28. The third-order valence-electron chi connectivity index (χ3n) is 5.01. The van der Waals surface area contributed by atoms with Crippen LogP contribution in [-0.4, -0.2) is 33.8 Å². The first-order valence-corrected chi connectivity index (χ1v) is 11.1. The van der Waals surface area contributed by atoms with Gasteiger partial charge < -0.3 is 15.0 Å². The van der Waals surface area contributed by atoms with Crippen molar-refractivity contribution in [2.75, 3.05) is 18.5 Å². The Morgan fingerprint density at radius 2 is 1.91 bits per heavy atom. The predicted octanol–water partition coefficient (Wildman–Crippen LogP) is 4.96. The molecule has 2 heterocycles. The third-order valence-corrected chi connectivity index (χ3v) is 5.01. The van der Waals surface area contributed by atoms with Gasteiger partial charge in [0.2, 0.25) is 0 Å². The van der Waals surface area contributed by atoms with Gasteiger partial charge in [-0.15, -0.1) is 0 Å². The Morgan fingerprint density at radius 3 is 2.62 bits per heavy atom. The van der Waals surface area contributed by atoms with Gasteiger partial charge in [-0.2, -0.15) is 0 Å². The van der Waals surface area contributed by atoms with Crippen molar-refractivity contribution in [2.24, 2.45) is 0 Å². The molecule has 0 radical (unpaired) electrons. The Kier molecular flexibility index (Phi) is 8.73. The first kappa shape index (κ1) is 24.9. The van der Waals surface area contributed by atoms with E-state index >= 15 is 0 Å². The number of hydrogen-bond acceptors (Lipinski definition) is 5. The largest absolute Gasteiger partial charge is 0.394 e. The van der Waals surface area contributed by atoms with E-state index in [9.17, 15) is 9.18 Å². The van der Waals surface area contributed by atoms with E-state index in [1.165, 1.54) is 6.07 Å². The molecule has 2 aromatic carbocycles. The van der Waals surface area contributed by atoms with Gasteiger partial charge in [-0.05, 0) is 36.2 Å². The number of carbonyl (C=O) groups is 1. The Morgan fingerprint density at radius 1 is 1.15 bits per heavy atom. The molecule has 0 spiro atoms. The molecule has 1 amide bonds. The molecule has 4 aromatic rings. The molecule has 178 valence electrons. The van der Waals surface area contributed by atoms with Crippen LogP contribution >= 0.6 is 0 Å². The SMILES string of the molecule is CC.Cc1ccc(Nc2c(C(=O)NOCCO)n(Cc3ccccc3)c3ccncc23)c(F)c1. The van der Waals surface area contributed by atoms with Crippen LogP contribution in [0.2, 0.25) is 0 Å². The minimum Gasteiger partial charge on any atom is -0.394 e. The van der Waals surface area contributed by atoms with Gasteiger partial charge in [0.15, 0.2) is 0 Å². The zero-order valence-corrected chi connectivity index (χ0v) is 19.5. The second-order valence-corrected chi connectivity index (χ2v) is 7.30. The number of hydrogen-bond donors (Lipinski definition) is 3. The lowest BCUT2D eigenvalue weighted by Crippen LogP contribution is -2.28. The normalized spacial score (nSPS) is 10.5. The Hall–Kier alpha value is -3.75. The van der Waals surface area contributed by atoms with Crippen LogP contribution in [0, 0.1) is 12.7 Å². The first-order chi connectivity index (χ1) is 16.6. The number of halogens is 1. The number of fused-ring (bicyclic) bond motifs is 1. The fourth-order valence-electron chi connectivity index (χ4n) is 3.56. The molecule has 0 atom stereocenters. The highest BCUT2D eigenvalue weighted by Crippen LogP contribution is 2.34. The number of nitrogens with one attached hydrogen (secondary N) is 2. The summed E-state index contributed by atoms with van der Waals surface area (Å²) < 4.78 is 16.5. The molecule has 0 unspecified atom stereocenters. The zero-order valence-electron chi connectivity index (χ0n) is 19.5. The van der Waals surface area contributed by atoms with Crippen LogP contribution in [0.5, 0.6) is 0 Å². The summed E-state index contributed by atoms with van der Waals surface area (Å²) in [7, 11) is 0. The van der Waals surface area contributed by atoms with Gasteiger partial charge in [0, 0.05) is 24.3 Å². The summed E-state index contributed by atoms with van der Waals surface area (Å²) in [6, 6.07) is 16.3. The molecule has 7 nitrogen and oxygen atoms in total. The van der Waals surface area contributed by atoms with Crippen LogP contribution in [0.1, 0.15) is 35.5 Å². The van der Waals surface area contributed by atoms with Crippen molar-refractivity contribution < 1.29 is 19.1 Å². The van der Waals surface area contributed by atoms with Crippen molar-refractivity contribution >= 4 is 28.2 Å². The molecule has 3 N–H and O–H groups in total. The number of aryl methyl sites for hydroxylation is 1. The summed E-state index contributed by atoms with van der Waals surface area (Å²) in [5.41, 5.74) is 5.81. The number of hydroxylamine groups is 1. The van der Waals surface area contributed by atoms with Gasteiger partial charge in [0.1, 0.15) is 11.5 Å². The number of pyridine rings is 1. The van der Waals surface area contributed by atoms with Crippen LogP contribution in [0.15, 0.2) is 67.0 Å². The second kappa shape index (κ2) is 11.9. The van der Waals surface area contributed by atoms with E-state index in [1.807, 2.05) is 48.7 Å². The number of aromatic nitrogens is 2. The first-order valence-electron chi connectivity index (χ1n) is 11.1. The Labute approximate surface area is 198 Å². The van der Waals surface area contributed by atoms with E-state index in [0.717, 1.165) is 16.6 Å². The van der Waals surface area contributed by atoms with Crippen molar-refractivity contribution in [1.29, 1.82) is 0 Å². The Balaban J connectivity index is 0.00000158. The molecule has 0 bridgehead atoms. The number of amides is 1. The highest BCUT2D eigenvalue weighted by atomic mass is 19.1. The molecule has 34 heavy (non-hydrogen) atoms. The maximum absolute atomic E-state index is 14.6. The Bertz CT molecular complexity index is 1240. The molecular formula is C26H29FN4O3. The molecule has 0 saturated heterocycles. The topological polar surface area (TPSA) is 88.4 Å². The average Bonchev–Trinajstić information content (AvgIpc) is 3.16. The predicted molar refractivity (Wildman–Crippen MR) is 132 cm³/mol. The number of anilines is 2. The molecule has 0 saturated carbocycles. The van der Waals surface area contributed by atoms with Gasteiger partial charge in [-0.25, -0.2) is 9.87 Å².